The molecule has 0 unspecified atom stereocenters. The van der Waals surface area contributed by atoms with Crippen molar-refractivity contribution in [3.63, 3.8) is 0 Å². The van der Waals surface area contributed by atoms with Gasteiger partial charge >= 0.3 is 5.97 Å². The molecule has 2 heterocycles. The summed E-state index contributed by atoms with van der Waals surface area (Å²) in [7, 11) is 0. The number of carbonyl (C=O) groups excluding carboxylic acids is 2. The average Bonchev–Trinajstić information content (AvgIpc) is 3.36. The highest BCUT2D eigenvalue weighted by Gasteiger charge is 2.45. The first-order chi connectivity index (χ1) is 13.6. The number of nitrogens with zero attached hydrogens (tertiary/aromatic N) is 1. The second-order valence-corrected chi connectivity index (χ2v) is 7.92. The standard InChI is InChI=1S/C20H22N2O5S/c1-13-12-28-19(21-13)22-17(23)11-27-18(24)20(6-2-3-7-20)14-4-5-15-16(10-14)26-9-8-25-15/h4-5,10,12H,2-3,6-9,11H2,1H3,(H,21,22,23). The van der Waals surface area contributed by atoms with Crippen molar-refractivity contribution in [3.05, 3.63) is 34.8 Å². The predicted octanol–water partition coefficient (Wildman–Crippen LogP) is 3.22. The highest BCUT2D eigenvalue weighted by Crippen LogP contribution is 2.45. The lowest BCUT2D eigenvalue weighted by molar-refractivity contribution is -0.153. The van der Waals surface area contributed by atoms with Crippen molar-refractivity contribution in [2.24, 2.45) is 0 Å². The predicted molar refractivity (Wildman–Crippen MR) is 104 cm³/mol. The first-order valence-corrected chi connectivity index (χ1v) is 10.2. The molecule has 28 heavy (non-hydrogen) atoms. The van der Waals surface area contributed by atoms with Gasteiger partial charge in [0.15, 0.2) is 23.2 Å². The van der Waals surface area contributed by atoms with Crippen LogP contribution < -0.4 is 14.8 Å². The van der Waals surface area contributed by atoms with Crippen LogP contribution in [-0.2, 0) is 19.7 Å². The normalized spacial score (nSPS) is 17.2. The van der Waals surface area contributed by atoms with Gasteiger partial charge in [0.05, 0.1) is 11.1 Å². The number of aromatic nitrogens is 1. The van der Waals surface area contributed by atoms with Crippen LogP contribution in [0.3, 0.4) is 0 Å². The van der Waals surface area contributed by atoms with Gasteiger partial charge in [-0.3, -0.25) is 14.9 Å². The van der Waals surface area contributed by atoms with E-state index in [1.807, 2.05) is 30.5 Å². The highest BCUT2D eigenvalue weighted by molar-refractivity contribution is 7.13. The summed E-state index contributed by atoms with van der Waals surface area (Å²) in [5.74, 6) is 0.583. The maximum absolute atomic E-state index is 13.0. The molecule has 1 aromatic heterocycles. The van der Waals surface area contributed by atoms with Crippen molar-refractivity contribution >= 4 is 28.3 Å². The van der Waals surface area contributed by atoms with Crippen LogP contribution in [0.25, 0.3) is 0 Å². The molecule has 2 aliphatic rings. The second-order valence-electron chi connectivity index (χ2n) is 7.07. The number of ether oxygens (including phenoxy) is 3. The molecule has 0 radical (unpaired) electrons. The third-order valence-corrected chi connectivity index (χ3v) is 6.02. The van der Waals surface area contributed by atoms with Gasteiger partial charge in [0, 0.05) is 5.38 Å². The monoisotopic (exact) mass is 402 g/mol. The van der Waals surface area contributed by atoms with Crippen molar-refractivity contribution < 1.29 is 23.8 Å². The summed E-state index contributed by atoms with van der Waals surface area (Å²) in [5, 5.41) is 5.00. The van der Waals surface area contributed by atoms with Crippen LogP contribution in [0.15, 0.2) is 23.6 Å². The van der Waals surface area contributed by atoms with E-state index in [1.165, 1.54) is 11.3 Å². The van der Waals surface area contributed by atoms with Gasteiger partial charge in [-0.15, -0.1) is 11.3 Å². The number of rotatable bonds is 5. The minimum absolute atomic E-state index is 0.330. The Kier molecular flexibility index (Phi) is 5.21. The minimum atomic E-state index is -0.742. The zero-order valence-electron chi connectivity index (χ0n) is 15.7. The Morgan fingerprint density at radius 3 is 2.68 bits per heavy atom. The Bertz CT molecular complexity index is 888. The molecule has 0 saturated heterocycles. The van der Waals surface area contributed by atoms with E-state index in [4.69, 9.17) is 14.2 Å². The number of anilines is 1. The molecule has 4 rings (SSSR count). The fourth-order valence-corrected chi connectivity index (χ4v) is 4.47. The number of hydrogen-bond donors (Lipinski definition) is 1. The van der Waals surface area contributed by atoms with Gasteiger partial charge < -0.3 is 14.2 Å². The van der Waals surface area contributed by atoms with E-state index in [0.717, 1.165) is 24.1 Å². The maximum atomic E-state index is 13.0. The average molecular weight is 402 g/mol. The molecule has 1 aliphatic heterocycles. The topological polar surface area (TPSA) is 86.8 Å². The van der Waals surface area contributed by atoms with Crippen LogP contribution in [-0.4, -0.2) is 36.7 Å². The molecule has 1 N–H and O–H groups in total. The zero-order chi connectivity index (χ0) is 19.6. The third kappa shape index (κ3) is 3.69. The highest BCUT2D eigenvalue weighted by atomic mass is 32.1. The largest absolute Gasteiger partial charge is 0.486 e. The number of aryl methyl sites for hydroxylation is 1. The van der Waals surface area contributed by atoms with Gasteiger partial charge in [0.1, 0.15) is 13.2 Å². The summed E-state index contributed by atoms with van der Waals surface area (Å²) in [5.41, 5.74) is 0.949. The molecule has 1 amide bonds. The minimum Gasteiger partial charge on any atom is -0.486 e. The molecule has 7 nitrogen and oxygen atoms in total. The lowest BCUT2D eigenvalue weighted by Gasteiger charge is -2.28. The molecule has 0 atom stereocenters. The SMILES string of the molecule is Cc1csc(NC(=O)COC(=O)C2(c3ccc4c(c3)OCCO4)CCCC2)n1. The third-order valence-electron chi connectivity index (χ3n) is 5.14. The van der Waals surface area contributed by atoms with E-state index in [9.17, 15) is 9.59 Å². The maximum Gasteiger partial charge on any atom is 0.317 e. The van der Waals surface area contributed by atoms with E-state index >= 15 is 0 Å². The van der Waals surface area contributed by atoms with Gasteiger partial charge in [-0.05, 0) is 37.5 Å². The quantitative estimate of drug-likeness (QED) is 0.773. The van der Waals surface area contributed by atoms with Crippen molar-refractivity contribution in [2.75, 3.05) is 25.1 Å². The Hall–Kier alpha value is -2.61. The second kappa shape index (κ2) is 7.79. The van der Waals surface area contributed by atoms with Gasteiger partial charge in [0.25, 0.3) is 5.91 Å². The molecule has 1 saturated carbocycles. The number of fused-ring (bicyclic) bond motifs is 1. The molecule has 8 heteroatoms. The molecule has 1 aliphatic carbocycles. The summed E-state index contributed by atoms with van der Waals surface area (Å²) >= 11 is 1.34. The van der Waals surface area contributed by atoms with Gasteiger partial charge in [-0.1, -0.05) is 18.9 Å². The van der Waals surface area contributed by atoms with Crippen LogP contribution in [0, 0.1) is 6.92 Å². The van der Waals surface area contributed by atoms with E-state index < -0.39 is 11.3 Å². The number of carbonyl (C=O) groups is 2. The van der Waals surface area contributed by atoms with Crippen LogP contribution in [0.5, 0.6) is 11.5 Å². The van der Waals surface area contributed by atoms with E-state index in [0.29, 0.717) is 42.7 Å². The lowest BCUT2D eigenvalue weighted by Crippen LogP contribution is -2.36. The molecule has 2 aromatic rings. The Balaban J connectivity index is 1.46. The smallest absolute Gasteiger partial charge is 0.317 e. The first kappa shape index (κ1) is 18.7. The molecular weight excluding hydrogens is 380 g/mol. The number of esters is 1. The van der Waals surface area contributed by atoms with E-state index in [2.05, 4.69) is 10.3 Å². The van der Waals surface area contributed by atoms with Crippen molar-refractivity contribution in [2.45, 2.75) is 38.0 Å². The number of thiazole rings is 1. The molecule has 0 spiro atoms. The Morgan fingerprint density at radius 2 is 1.96 bits per heavy atom. The zero-order valence-corrected chi connectivity index (χ0v) is 16.5. The van der Waals surface area contributed by atoms with Crippen LogP contribution >= 0.6 is 11.3 Å². The van der Waals surface area contributed by atoms with E-state index in [1.54, 1.807) is 0 Å². The van der Waals surface area contributed by atoms with Gasteiger partial charge in [-0.25, -0.2) is 4.98 Å². The summed E-state index contributed by atoms with van der Waals surface area (Å²) in [6, 6.07) is 5.62. The number of hydrogen-bond acceptors (Lipinski definition) is 7. The van der Waals surface area contributed by atoms with Crippen LogP contribution in [0.4, 0.5) is 5.13 Å². The van der Waals surface area contributed by atoms with E-state index in [-0.39, 0.29) is 12.6 Å². The van der Waals surface area contributed by atoms with Gasteiger partial charge in [-0.2, -0.15) is 0 Å². The lowest BCUT2D eigenvalue weighted by atomic mass is 9.78. The molecular formula is C20H22N2O5S. The van der Waals surface area contributed by atoms with Crippen molar-refractivity contribution in [1.82, 2.24) is 4.98 Å². The summed E-state index contributed by atoms with van der Waals surface area (Å²) in [6.07, 6.45) is 3.26. The summed E-state index contributed by atoms with van der Waals surface area (Å²) < 4.78 is 16.7. The number of amides is 1. The number of benzene rings is 1. The van der Waals surface area contributed by atoms with Crippen LogP contribution in [0.1, 0.15) is 36.9 Å². The van der Waals surface area contributed by atoms with Crippen molar-refractivity contribution in [3.8, 4) is 11.5 Å². The van der Waals surface area contributed by atoms with Crippen molar-refractivity contribution in [1.29, 1.82) is 0 Å². The number of nitrogens with one attached hydrogen (secondary N) is 1. The molecule has 1 aromatic carbocycles. The van der Waals surface area contributed by atoms with Crippen LogP contribution in [0.2, 0.25) is 0 Å². The molecule has 0 bridgehead atoms. The van der Waals surface area contributed by atoms with Gasteiger partial charge in [0.2, 0.25) is 0 Å². The molecule has 1 fully saturated rings. The summed E-state index contributed by atoms with van der Waals surface area (Å²) in [6.45, 7) is 2.53. The Labute approximate surface area is 167 Å². The first-order valence-electron chi connectivity index (χ1n) is 9.36. The molecule has 148 valence electrons. The Morgan fingerprint density at radius 1 is 1.21 bits per heavy atom. The summed E-state index contributed by atoms with van der Waals surface area (Å²) in [4.78, 5) is 29.3. The fourth-order valence-electron chi connectivity index (χ4n) is 3.77. The fraction of sp³-hybridized carbons (Fsp3) is 0.450.